The minimum atomic E-state index is -0.379. The zero-order valence-corrected chi connectivity index (χ0v) is 18.3. The standard InChI is InChI=1S/C23H24BrN3O3/c1-14(15-7-9-19(10-8-15)26-22(29)16-5-6-16)25-23(30)17-11-21(28)27(13-17)20-4-2-3-18(24)12-20/h2-4,7-10,12,14,16-17H,5-6,11,13H2,1H3,(H,25,30)(H,26,29). The van der Waals surface area contributed by atoms with Crippen molar-refractivity contribution in [2.75, 3.05) is 16.8 Å². The lowest BCUT2D eigenvalue weighted by Crippen LogP contribution is -2.34. The number of nitrogens with one attached hydrogen (secondary N) is 2. The molecule has 4 rings (SSSR count). The second kappa shape index (κ2) is 8.60. The highest BCUT2D eigenvalue weighted by Crippen LogP contribution is 2.30. The van der Waals surface area contributed by atoms with Crippen LogP contribution in [0.1, 0.15) is 37.8 Å². The first kappa shape index (κ1) is 20.6. The average Bonchev–Trinajstić information content (AvgIpc) is 3.50. The Morgan fingerprint density at radius 3 is 2.47 bits per heavy atom. The Kier molecular flexibility index (Phi) is 5.90. The third-order valence-corrected chi connectivity index (χ3v) is 6.09. The Morgan fingerprint density at radius 2 is 1.80 bits per heavy atom. The number of rotatable bonds is 6. The van der Waals surface area contributed by atoms with Gasteiger partial charge in [-0.3, -0.25) is 14.4 Å². The normalized spacial score (nSPS) is 19.5. The van der Waals surface area contributed by atoms with Crippen molar-refractivity contribution in [3.63, 3.8) is 0 Å². The lowest BCUT2D eigenvalue weighted by atomic mass is 10.0. The van der Waals surface area contributed by atoms with Gasteiger partial charge in [0.2, 0.25) is 17.7 Å². The summed E-state index contributed by atoms with van der Waals surface area (Å²) in [4.78, 5) is 38.7. The highest BCUT2D eigenvalue weighted by Gasteiger charge is 2.35. The molecule has 0 spiro atoms. The Bertz CT molecular complexity index is 972. The van der Waals surface area contributed by atoms with Gasteiger partial charge >= 0.3 is 0 Å². The fourth-order valence-corrected chi connectivity index (χ4v) is 4.02. The molecular formula is C23H24BrN3O3. The largest absolute Gasteiger partial charge is 0.349 e. The van der Waals surface area contributed by atoms with Crippen LogP contribution >= 0.6 is 15.9 Å². The summed E-state index contributed by atoms with van der Waals surface area (Å²) in [6, 6.07) is 14.8. The van der Waals surface area contributed by atoms with Crippen LogP contribution < -0.4 is 15.5 Å². The number of hydrogen-bond donors (Lipinski definition) is 2. The molecule has 1 saturated heterocycles. The Labute approximate surface area is 184 Å². The SMILES string of the molecule is CC(NC(=O)C1CC(=O)N(c2cccc(Br)c2)C1)c1ccc(NC(=O)C2CC2)cc1. The van der Waals surface area contributed by atoms with Gasteiger partial charge in [-0.1, -0.05) is 34.1 Å². The second-order valence-corrected chi connectivity index (χ2v) is 8.92. The number of amides is 3. The molecule has 2 aromatic rings. The molecule has 1 aliphatic heterocycles. The molecule has 0 aromatic heterocycles. The van der Waals surface area contributed by atoms with Gasteiger partial charge in [-0.15, -0.1) is 0 Å². The van der Waals surface area contributed by atoms with E-state index in [2.05, 4.69) is 26.6 Å². The van der Waals surface area contributed by atoms with E-state index in [-0.39, 0.29) is 42.0 Å². The number of hydrogen-bond acceptors (Lipinski definition) is 3. The van der Waals surface area contributed by atoms with Crippen LogP contribution in [0.3, 0.4) is 0 Å². The summed E-state index contributed by atoms with van der Waals surface area (Å²) in [6.07, 6.45) is 2.14. The lowest BCUT2D eigenvalue weighted by molar-refractivity contribution is -0.126. The van der Waals surface area contributed by atoms with E-state index in [1.54, 1.807) is 4.90 Å². The molecule has 1 saturated carbocycles. The van der Waals surface area contributed by atoms with Crippen molar-refractivity contribution in [3.8, 4) is 0 Å². The average molecular weight is 470 g/mol. The molecule has 2 aliphatic rings. The predicted octanol–water partition coefficient (Wildman–Crippen LogP) is 4.03. The molecule has 2 unspecified atom stereocenters. The molecule has 3 amide bonds. The lowest BCUT2D eigenvalue weighted by Gasteiger charge is -2.19. The maximum absolute atomic E-state index is 12.8. The zero-order valence-electron chi connectivity index (χ0n) is 16.7. The first-order valence-electron chi connectivity index (χ1n) is 10.2. The maximum Gasteiger partial charge on any atom is 0.227 e. The van der Waals surface area contributed by atoms with Crippen LogP contribution in [0, 0.1) is 11.8 Å². The van der Waals surface area contributed by atoms with Crippen molar-refractivity contribution in [1.29, 1.82) is 0 Å². The van der Waals surface area contributed by atoms with Crippen LogP contribution in [-0.2, 0) is 14.4 Å². The Balaban J connectivity index is 1.34. The second-order valence-electron chi connectivity index (χ2n) is 8.00. The summed E-state index contributed by atoms with van der Waals surface area (Å²) in [6.45, 7) is 2.29. The highest BCUT2D eigenvalue weighted by molar-refractivity contribution is 9.10. The monoisotopic (exact) mass is 469 g/mol. The van der Waals surface area contributed by atoms with Gasteiger partial charge in [0.15, 0.2) is 0 Å². The van der Waals surface area contributed by atoms with Crippen LogP contribution in [0.15, 0.2) is 53.0 Å². The molecule has 0 radical (unpaired) electrons. The van der Waals surface area contributed by atoms with Crippen molar-refractivity contribution >= 4 is 45.0 Å². The van der Waals surface area contributed by atoms with E-state index in [1.165, 1.54) is 0 Å². The van der Waals surface area contributed by atoms with Gasteiger partial charge in [0.25, 0.3) is 0 Å². The van der Waals surface area contributed by atoms with Gasteiger partial charge in [0.05, 0.1) is 12.0 Å². The third kappa shape index (κ3) is 4.73. The van der Waals surface area contributed by atoms with Gasteiger partial charge in [-0.25, -0.2) is 0 Å². The number of anilines is 2. The van der Waals surface area contributed by atoms with Crippen LogP contribution in [-0.4, -0.2) is 24.3 Å². The van der Waals surface area contributed by atoms with Crippen LogP contribution in [0.4, 0.5) is 11.4 Å². The van der Waals surface area contributed by atoms with Crippen LogP contribution in [0.25, 0.3) is 0 Å². The van der Waals surface area contributed by atoms with Crippen molar-refractivity contribution in [1.82, 2.24) is 5.32 Å². The molecule has 6 nitrogen and oxygen atoms in total. The summed E-state index contributed by atoms with van der Waals surface area (Å²) in [5.41, 5.74) is 2.50. The van der Waals surface area contributed by atoms with Gasteiger partial charge < -0.3 is 15.5 Å². The van der Waals surface area contributed by atoms with Gasteiger partial charge in [0, 0.05) is 34.7 Å². The number of halogens is 1. The highest BCUT2D eigenvalue weighted by atomic mass is 79.9. The fraction of sp³-hybridized carbons (Fsp3) is 0.348. The zero-order chi connectivity index (χ0) is 21.3. The van der Waals surface area contributed by atoms with Crippen LogP contribution in [0.2, 0.25) is 0 Å². The molecular weight excluding hydrogens is 446 g/mol. The molecule has 7 heteroatoms. The van der Waals surface area contributed by atoms with E-state index in [0.717, 1.165) is 34.3 Å². The number of carbonyl (C=O) groups excluding carboxylic acids is 3. The minimum Gasteiger partial charge on any atom is -0.349 e. The molecule has 1 aliphatic carbocycles. The summed E-state index contributed by atoms with van der Waals surface area (Å²) < 4.78 is 0.895. The van der Waals surface area contributed by atoms with Crippen molar-refractivity contribution in [3.05, 3.63) is 58.6 Å². The fourth-order valence-electron chi connectivity index (χ4n) is 3.64. The van der Waals surface area contributed by atoms with E-state index in [9.17, 15) is 14.4 Å². The number of nitrogens with zero attached hydrogens (tertiary/aromatic N) is 1. The van der Waals surface area contributed by atoms with E-state index >= 15 is 0 Å². The first-order valence-corrected chi connectivity index (χ1v) is 11.0. The Hall–Kier alpha value is -2.67. The summed E-state index contributed by atoms with van der Waals surface area (Å²) in [5, 5.41) is 5.93. The number of benzene rings is 2. The Morgan fingerprint density at radius 1 is 1.07 bits per heavy atom. The van der Waals surface area contributed by atoms with Crippen molar-refractivity contribution in [2.24, 2.45) is 11.8 Å². The predicted molar refractivity (Wildman–Crippen MR) is 119 cm³/mol. The van der Waals surface area contributed by atoms with Crippen molar-refractivity contribution < 1.29 is 14.4 Å². The van der Waals surface area contributed by atoms with Gasteiger partial charge in [-0.2, -0.15) is 0 Å². The van der Waals surface area contributed by atoms with E-state index in [0.29, 0.717) is 6.54 Å². The summed E-state index contributed by atoms with van der Waals surface area (Å²) >= 11 is 3.42. The topological polar surface area (TPSA) is 78.5 Å². The molecule has 2 N–H and O–H groups in total. The molecule has 2 aromatic carbocycles. The maximum atomic E-state index is 12.8. The quantitative estimate of drug-likeness (QED) is 0.670. The molecule has 0 bridgehead atoms. The summed E-state index contributed by atoms with van der Waals surface area (Å²) in [5.74, 6) is -0.314. The smallest absolute Gasteiger partial charge is 0.227 e. The van der Waals surface area contributed by atoms with E-state index in [1.807, 2.05) is 55.5 Å². The van der Waals surface area contributed by atoms with Gasteiger partial charge in [-0.05, 0) is 55.7 Å². The third-order valence-electron chi connectivity index (χ3n) is 5.60. The number of carbonyl (C=O) groups is 3. The molecule has 2 atom stereocenters. The molecule has 30 heavy (non-hydrogen) atoms. The van der Waals surface area contributed by atoms with Crippen molar-refractivity contribution in [2.45, 2.75) is 32.2 Å². The molecule has 156 valence electrons. The van der Waals surface area contributed by atoms with E-state index in [4.69, 9.17) is 0 Å². The van der Waals surface area contributed by atoms with Crippen LogP contribution in [0.5, 0.6) is 0 Å². The molecule has 2 fully saturated rings. The van der Waals surface area contributed by atoms with E-state index < -0.39 is 0 Å². The molecule has 1 heterocycles. The van der Waals surface area contributed by atoms with Gasteiger partial charge in [0.1, 0.15) is 0 Å². The first-order chi connectivity index (χ1) is 14.4. The minimum absolute atomic E-state index is 0.0448. The summed E-state index contributed by atoms with van der Waals surface area (Å²) in [7, 11) is 0.